The fourth-order valence-corrected chi connectivity index (χ4v) is 13.1. The van der Waals surface area contributed by atoms with Gasteiger partial charge < -0.3 is 35.4 Å². The van der Waals surface area contributed by atoms with Crippen LogP contribution in [0.3, 0.4) is 0 Å². The van der Waals surface area contributed by atoms with Gasteiger partial charge in [0.1, 0.15) is 36.8 Å². The number of alkyl halides is 4. The second-order valence-corrected chi connectivity index (χ2v) is 21.1. The van der Waals surface area contributed by atoms with Gasteiger partial charge in [-0.3, -0.25) is 14.4 Å². The zero-order valence-electron chi connectivity index (χ0n) is 37.6. The molecule has 0 aromatic rings. The Bertz CT molecular complexity index is 1430. The summed E-state index contributed by atoms with van der Waals surface area (Å²) in [6.45, 7) is 8.84. The number of likely N-dealkylation sites (N-methyl/N-ethyl adjacent to an activating group) is 1. The standard InChI is InChI=1S/C45H77F4N5O6/c1-23-33-16-28(45(33,3)4)17-36(23)51-44(58)41-38(24(2)56)37(22-55)60-54(41)20-25-11-10-12-31(42(25)59-9)26-13-27(15-30(14-26)53(7)8)43(57)50-29(21-52(5)6)18-32-39(48)34(46)19-35(47)40(32)49/h23-42,55-56H,10-22H2,1-9H3,(H,50,57)(H,51,58)/t23-,24-,25?,26?,27?,28+,29-,30?,31?,32?,33-,34?,35?,36-,37-,38-,39?,40?,41-,42?/m0/s1. The second-order valence-electron chi connectivity index (χ2n) is 21.1. The molecular weight excluding hydrogens is 783 g/mol. The van der Waals surface area contributed by atoms with Crippen molar-refractivity contribution in [3.8, 4) is 0 Å². The van der Waals surface area contributed by atoms with Crippen LogP contribution in [0.4, 0.5) is 17.6 Å². The van der Waals surface area contributed by atoms with E-state index in [1.807, 2.05) is 14.1 Å². The lowest BCUT2D eigenvalue weighted by molar-refractivity contribution is -0.193. The molecule has 11 nitrogen and oxygen atoms in total. The maximum atomic E-state index is 15.0. The molecule has 6 saturated carbocycles. The van der Waals surface area contributed by atoms with Gasteiger partial charge in [0.05, 0.1) is 18.8 Å². The van der Waals surface area contributed by atoms with E-state index in [1.54, 1.807) is 38.1 Å². The highest BCUT2D eigenvalue weighted by atomic mass is 19.2. The summed E-state index contributed by atoms with van der Waals surface area (Å²) in [5, 5.41) is 29.6. The van der Waals surface area contributed by atoms with Crippen molar-refractivity contribution in [1.82, 2.24) is 25.5 Å². The minimum Gasteiger partial charge on any atom is -0.394 e. The number of methoxy groups -OCH3 is 1. The highest BCUT2D eigenvalue weighted by molar-refractivity contribution is 5.83. The van der Waals surface area contributed by atoms with E-state index in [2.05, 4.69) is 36.3 Å². The fraction of sp³-hybridized carbons (Fsp3) is 0.956. The Balaban J connectivity index is 1.16. The molecule has 1 saturated heterocycles. The summed E-state index contributed by atoms with van der Waals surface area (Å²) in [4.78, 5) is 38.9. The highest BCUT2D eigenvalue weighted by Crippen LogP contribution is 2.61. The molecule has 60 heavy (non-hydrogen) atoms. The zero-order chi connectivity index (χ0) is 44.0. The van der Waals surface area contributed by atoms with Crippen LogP contribution in [0.1, 0.15) is 91.9 Å². The summed E-state index contributed by atoms with van der Waals surface area (Å²) in [7, 11) is 9.30. The Labute approximate surface area is 356 Å². The molecule has 6 aliphatic carbocycles. The normalized spacial score (nSPS) is 44.3. The Morgan fingerprint density at radius 1 is 0.967 bits per heavy atom. The molecule has 15 heteroatoms. The third kappa shape index (κ3) is 9.87. The molecule has 1 aliphatic heterocycles. The van der Waals surface area contributed by atoms with Gasteiger partial charge in [-0.25, -0.2) is 17.6 Å². The molecule has 0 radical (unpaired) electrons. The second kappa shape index (κ2) is 19.6. The number of ether oxygens (including phenoxy) is 1. The van der Waals surface area contributed by atoms with Gasteiger partial charge in [-0.1, -0.05) is 27.2 Å². The maximum absolute atomic E-state index is 15.0. The van der Waals surface area contributed by atoms with Crippen molar-refractivity contribution in [3.05, 3.63) is 0 Å². The van der Waals surface area contributed by atoms with Gasteiger partial charge in [-0.15, -0.1) is 0 Å². The molecule has 0 spiro atoms. The van der Waals surface area contributed by atoms with Crippen LogP contribution in [0, 0.1) is 58.7 Å². The van der Waals surface area contributed by atoms with Crippen LogP contribution in [0.25, 0.3) is 0 Å². The summed E-state index contributed by atoms with van der Waals surface area (Å²) >= 11 is 0. The lowest BCUT2D eigenvalue weighted by atomic mass is 9.45. The van der Waals surface area contributed by atoms with Crippen LogP contribution in [-0.2, 0) is 19.2 Å². The number of amides is 2. The van der Waals surface area contributed by atoms with Gasteiger partial charge in [0, 0.05) is 68.4 Å². The Hall–Kier alpha value is -1.62. The fourth-order valence-electron chi connectivity index (χ4n) is 13.1. The first-order valence-corrected chi connectivity index (χ1v) is 23.0. The molecular formula is C45H77F4N5O6. The van der Waals surface area contributed by atoms with Crippen LogP contribution in [0.5, 0.6) is 0 Å². The summed E-state index contributed by atoms with van der Waals surface area (Å²) in [5.74, 6) is -1.36. The van der Waals surface area contributed by atoms with Crippen LogP contribution >= 0.6 is 0 Å². The van der Waals surface area contributed by atoms with E-state index in [9.17, 15) is 28.6 Å². The molecule has 7 aliphatic rings. The first-order valence-electron chi connectivity index (χ1n) is 23.0. The molecule has 7 fully saturated rings. The predicted molar refractivity (Wildman–Crippen MR) is 221 cm³/mol. The van der Waals surface area contributed by atoms with E-state index in [1.165, 1.54) is 6.42 Å². The first kappa shape index (κ1) is 47.8. The first-order chi connectivity index (χ1) is 28.3. The van der Waals surface area contributed by atoms with Crippen LogP contribution < -0.4 is 10.6 Å². The number of aliphatic hydroxyl groups is 2. The Kier molecular flexibility index (Phi) is 15.7. The van der Waals surface area contributed by atoms with Crippen molar-refractivity contribution in [2.75, 3.05) is 55.0 Å². The van der Waals surface area contributed by atoms with Gasteiger partial charge in [0.2, 0.25) is 11.8 Å². The molecule has 19 atom stereocenters. The SMILES string of the molecule is COC1C(CN2O[C@@H](CO)[C@H]([C@H](C)O)[C@H]2C(=O)N[C@H]2C[C@H]3C[C@@H]([C@@H]2C)C3(C)C)CCCC1C1CC(C(=O)N[C@@H](CC2C(F)C(F)CC(F)C2F)CN(C)C)CC(N(C)C)C1. The van der Waals surface area contributed by atoms with Crippen molar-refractivity contribution >= 4 is 11.8 Å². The molecule has 0 aromatic heterocycles. The Morgan fingerprint density at radius 3 is 2.22 bits per heavy atom. The predicted octanol–water partition coefficient (Wildman–Crippen LogP) is 4.73. The monoisotopic (exact) mass is 860 g/mol. The van der Waals surface area contributed by atoms with E-state index in [0.717, 1.165) is 32.1 Å². The summed E-state index contributed by atoms with van der Waals surface area (Å²) in [6.07, 6.45) is -4.55. The van der Waals surface area contributed by atoms with Crippen molar-refractivity contribution in [3.63, 3.8) is 0 Å². The largest absolute Gasteiger partial charge is 0.394 e. The van der Waals surface area contributed by atoms with Gasteiger partial charge in [0.15, 0.2) is 0 Å². The number of aliphatic hydroxyl groups excluding tert-OH is 2. The van der Waals surface area contributed by atoms with Crippen LogP contribution in [0.15, 0.2) is 0 Å². The lowest BCUT2D eigenvalue weighted by Gasteiger charge is -2.62. The highest BCUT2D eigenvalue weighted by Gasteiger charge is 2.58. The van der Waals surface area contributed by atoms with Crippen molar-refractivity contribution in [2.45, 2.75) is 159 Å². The number of nitrogens with one attached hydrogen (secondary N) is 2. The van der Waals surface area contributed by atoms with Crippen LogP contribution in [-0.4, -0.2) is 159 Å². The number of nitrogens with zero attached hydrogens (tertiary/aromatic N) is 3. The van der Waals surface area contributed by atoms with Crippen molar-refractivity contribution < 1.29 is 46.9 Å². The zero-order valence-corrected chi connectivity index (χ0v) is 37.6. The molecule has 4 N–H and O–H groups in total. The quantitative estimate of drug-likeness (QED) is 0.173. The molecule has 10 unspecified atom stereocenters. The molecule has 1 heterocycles. The molecule has 0 aromatic carbocycles. The van der Waals surface area contributed by atoms with E-state index in [-0.39, 0.29) is 72.7 Å². The van der Waals surface area contributed by atoms with Crippen molar-refractivity contribution in [2.24, 2.45) is 58.7 Å². The van der Waals surface area contributed by atoms with E-state index in [4.69, 9.17) is 9.57 Å². The average molecular weight is 860 g/mol. The third-order valence-electron chi connectivity index (χ3n) is 16.6. The number of hydroxylamine groups is 2. The molecule has 7 rings (SSSR count). The molecule has 2 amide bonds. The van der Waals surface area contributed by atoms with E-state index >= 15 is 8.78 Å². The van der Waals surface area contributed by atoms with Gasteiger partial charge in [-0.2, -0.15) is 5.06 Å². The number of halogens is 4. The summed E-state index contributed by atoms with van der Waals surface area (Å²) < 4.78 is 65.1. The maximum Gasteiger partial charge on any atom is 0.240 e. The molecule has 346 valence electrons. The average Bonchev–Trinajstić information content (AvgIpc) is 3.57. The number of carbonyl (C=O) groups is 2. The Morgan fingerprint density at radius 2 is 1.65 bits per heavy atom. The number of hydrogen-bond donors (Lipinski definition) is 4. The van der Waals surface area contributed by atoms with Crippen LogP contribution in [0.2, 0.25) is 0 Å². The number of rotatable bonds is 15. The topological polar surface area (TPSA) is 127 Å². The minimum absolute atomic E-state index is 0.0301. The number of carbonyl (C=O) groups excluding carboxylic acids is 2. The number of hydrogen-bond acceptors (Lipinski definition) is 9. The third-order valence-corrected chi connectivity index (χ3v) is 16.6. The van der Waals surface area contributed by atoms with Crippen molar-refractivity contribution in [1.29, 1.82) is 0 Å². The smallest absolute Gasteiger partial charge is 0.240 e. The van der Waals surface area contributed by atoms with Gasteiger partial charge in [0.25, 0.3) is 0 Å². The van der Waals surface area contributed by atoms with E-state index in [0.29, 0.717) is 37.1 Å². The minimum atomic E-state index is -2.14. The summed E-state index contributed by atoms with van der Waals surface area (Å²) in [6, 6.07) is -1.38. The van der Waals surface area contributed by atoms with Gasteiger partial charge >= 0.3 is 0 Å². The van der Waals surface area contributed by atoms with Gasteiger partial charge in [-0.05, 0) is 121 Å². The van der Waals surface area contributed by atoms with E-state index < -0.39 is 73.2 Å². The number of fused-ring (bicyclic) bond motifs is 2. The lowest BCUT2D eigenvalue weighted by Crippen LogP contribution is -2.62. The summed E-state index contributed by atoms with van der Waals surface area (Å²) in [5.41, 5.74) is 0.265. The molecule has 2 bridgehead atoms.